The number of pyridine rings is 1. The van der Waals surface area contributed by atoms with Crippen molar-refractivity contribution in [3.8, 4) is 0 Å². The van der Waals surface area contributed by atoms with Crippen LogP contribution in [0.5, 0.6) is 0 Å². The molecular weight excluding hydrogens is 284 g/mol. The molecule has 2 rings (SSSR count). The highest BCUT2D eigenvalue weighted by Gasteiger charge is 2.20. The molecule has 0 atom stereocenters. The molecule has 0 fully saturated rings. The number of aromatic nitrogens is 2. The molecule has 4 nitrogen and oxygen atoms in total. The summed E-state index contributed by atoms with van der Waals surface area (Å²) in [5, 5.41) is 4.17. The molecule has 0 saturated heterocycles. The maximum Gasteiger partial charge on any atom is 0.359 e. The normalized spacial score (nSPS) is 11.8. The predicted octanol–water partition coefficient (Wildman–Crippen LogP) is 3.05. The molecule has 17 heavy (non-hydrogen) atoms. The number of halogens is 1. The molecule has 2 aromatic heterocycles. The van der Waals surface area contributed by atoms with Crippen LogP contribution in [0.4, 0.5) is 0 Å². The summed E-state index contributed by atoms with van der Waals surface area (Å²) < 4.78 is 7.81. The highest BCUT2D eigenvalue weighted by Crippen LogP contribution is 2.15. The number of nitrogens with zero attached hydrogens (tertiary/aromatic N) is 2. The van der Waals surface area contributed by atoms with Crippen LogP contribution in [0, 0.1) is 0 Å². The van der Waals surface area contributed by atoms with Crippen molar-refractivity contribution in [3.63, 3.8) is 0 Å². The minimum atomic E-state index is -0.506. The van der Waals surface area contributed by atoms with Crippen LogP contribution in [0.15, 0.2) is 28.9 Å². The van der Waals surface area contributed by atoms with Crippen molar-refractivity contribution in [1.82, 2.24) is 9.61 Å². The quantitative estimate of drug-likeness (QED) is 0.760. The molecule has 0 radical (unpaired) electrons. The van der Waals surface area contributed by atoms with Crippen LogP contribution in [0.25, 0.3) is 5.52 Å². The van der Waals surface area contributed by atoms with E-state index in [0.717, 1.165) is 9.99 Å². The van der Waals surface area contributed by atoms with Crippen molar-refractivity contribution in [2.45, 2.75) is 26.4 Å². The van der Waals surface area contributed by atoms with Crippen LogP contribution < -0.4 is 0 Å². The van der Waals surface area contributed by atoms with E-state index in [1.807, 2.05) is 32.9 Å². The van der Waals surface area contributed by atoms with Gasteiger partial charge in [0, 0.05) is 10.7 Å². The van der Waals surface area contributed by atoms with E-state index in [2.05, 4.69) is 21.0 Å². The van der Waals surface area contributed by atoms with Crippen LogP contribution in [0.1, 0.15) is 31.3 Å². The number of hydrogen-bond donors (Lipinski definition) is 0. The van der Waals surface area contributed by atoms with E-state index >= 15 is 0 Å². The first-order valence-corrected chi connectivity index (χ1v) is 6.03. The second-order valence-corrected chi connectivity index (χ2v) is 5.66. The molecule has 90 valence electrons. The zero-order chi connectivity index (χ0) is 12.6. The number of rotatable bonds is 1. The van der Waals surface area contributed by atoms with Crippen molar-refractivity contribution in [3.05, 3.63) is 34.6 Å². The second kappa shape index (κ2) is 4.14. The van der Waals surface area contributed by atoms with Crippen molar-refractivity contribution in [1.29, 1.82) is 0 Å². The van der Waals surface area contributed by atoms with Crippen LogP contribution in [0.2, 0.25) is 0 Å². The molecule has 0 aliphatic rings. The third-order valence-corrected chi connectivity index (χ3v) is 2.50. The Hall–Kier alpha value is -1.36. The topological polar surface area (TPSA) is 43.6 Å². The molecule has 0 N–H and O–H groups in total. The summed E-state index contributed by atoms with van der Waals surface area (Å²) >= 11 is 3.35. The molecule has 0 aromatic carbocycles. The Morgan fingerprint density at radius 2 is 2.12 bits per heavy atom. The molecule has 2 aromatic rings. The Labute approximate surface area is 108 Å². The summed E-state index contributed by atoms with van der Waals surface area (Å²) in [4.78, 5) is 11.8. The van der Waals surface area contributed by atoms with Crippen LogP contribution in [0.3, 0.4) is 0 Å². The summed E-state index contributed by atoms with van der Waals surface area (Å²) in [5.74, 6) is -0.405. The van der Waals surface area contributed by atoms with Crippen LogP contribution in [-0.2, 0) is 4.74 Å². The maximum atomic E-state index is 11.8. The fourth-order valence-electron chi connectivity index (χ4n) is 1.39. The minimum Gasteiger partial charge on any atom is -0.455 e. The number of esters is 1. The van der Waals surface area contributed by atoms with E-state index in [1.54, 1.807) is 16.8 Å². The lowest BCUT2D eigenvalue weighted by Crippen LogP contribution is -2.24. The van der Waals surface area contributed by atoms with Crippen molar-refractivity contribution in [2.24, 2.45) is 0 Å². The molecule has 0 bridgehead atoms. The van der Waals surface area contributed by atoms with Gasteiger partial charge >= 0.3 is 5.97 Å². The van der Waals surface area contributed by atoms with Gasteiger partial charge < -0.3 is 4.74 Å². The van der Waals surface area contributed by atoms with Crippen molar-refractivity contribution >= 4 is 27.4 Å². The van der Waals surface area contributed by atoms with Gasteiger partial charge in [-0.2, -0.15) is 5.10 Å². The Balaban J connectivity index is 2.33. The van der Waals surface area contributed by atoms with Gasteiger partial charge in [-0.1, -0.05) is 0 Å². The molecule has 0 unspecified atom stereocenters. The van der Waals surface area contributed by atoms with Crippen molar-refractivity contribution < 1.29 is 9.53 Å². The van der Waals surface area contributed by atoms with Gasteiger partial charge in [0.05, 0.1) is 5.52 Å². The Morgan fingerprint density at radius 1 is 1.41 bits per heavy atom. The van der Waals surface area contributed by atoms with Gasteiger partial charge in [-0.05, 0) is 54.9 Å². The summed E-state index contributed by atoms with van der Waals surface area (Å²) in [7, 11) is 0. The van der Waals surface area contributed by atoms with E-state index in [-0.39, 0.29) is 0 Å². The maximum absolute atomic E-state index is 11.8. The van der Waals surface area contributed by atoms with E-state index in [9.17, 15) is 4.79 Å². The molecule has 0 amide bonds. The SMILES string of the molecule is CC(C)(C)OC(=O)c1cc2ccc(Br)cn2n1. The van der Waals surface area contributed by atoms with Gasteiger partial charge in [0.15, 0.2) is 5.69 Å². The first-order chi connectivity index (χ1) is 7.85. The monoisotopic (exact) mass is 296 g/mol. The summed E-state index contributed by atoms with van der Waals surface area (Å²) in [5.41, 5.74) is 0.667. The van der Waals surface area contributed by atoms with Gasteiger partial charge in [0.1, 0.15) is 5.60 Å². The molecule has 0 spiro atoms. The fraction of sp³-hybridized carbons (Fsp3) is 0.333. The zero-order valence-corrected chi connectivity index (χ0v) is 11.5. The highest BCUT2D eigenvalue weighted by atomic mass is 79.9. The van der Waals surface area contributed by atoms with Gasteiger partial charge in [-0.3, -0.25) is 0 Å². The minimum absolute atomic E-state index is 0.318. The molecule has 5 heteroatoms. The smallest absolute Gasteiger partial charge is 0.359 e. The van der Waals surface area contributed by atoms with E-state index in [4.69, 9.17) is 4.74 Å². The third kappa shape index (κ3) is 2.85. The van der Waals surface area contributed by atoms with Gasteiger partial charge in [0.25, 0.3) is 0 Å². The molecule has 2 heterocycles. The van der Waals surface area contributed by atoms with Gasteiger partial charge in [0.2, 0.25) is 0 Å². The Bertz CT molecular complexity index is 569. The lowest BCUT2D eigenvalue weighted by atomic mass is 10.2. The second-order valence-electron chi connectivity index (χ2n) is 4.75. The van der Waals surface area contributed by atoms with Crippen LogP contribution >= 0.6 is 15.9 Å². The summed E-state index contributed by atoms with van der Waals surface area (Å²) in [6, 6.07) is 5.49. The highest BCUT2D eigenvalue weighted by molar-refractivity contribution is 9.10. The van der Waals surface area contributed by atoms with E-state index < -0.39 is 11.6 Å². The zero-order valence-electron chi connectivity index (χ0n) is 9.90. The van der Waals surface area contributed by atoms with Gasteiger partial charge in [-0.15, -0.1) is 0 Å². The van der Waals surface area contributed by atoms with Crippen LogP contribution in [-0.4, -0.2) is 21.2 Å². The lowest BCUT2D eigenvalue weighted by Gasteiger charge is -2.18. The Kier molecular flexibility index (Phi) is 2.95. The molecule has 0 aliphatic carbocycles. The van der Waals surface area contributed by atoms with Crippen molar-refractivity contribution in [2.75, 3.05) is 0 Å². The largest absolute Gasteiger partial charge is 0.455 e. The first-order valence-electron chi connectivity index (χ1n) is 5.23. The molecular formula is C12H13BrN2O2. The first kappa shape index (κ1) is 12.1. The average molecular weight is 297 g/mol. The lowest BCUT2D eigenvalue weighted by molar-refractivity contribution is 0.00625. The third-order valence-electron chi connectivity index (χ3n) is 2.03. The van der Waals surface area contributed by atoms with Gasteiger partial charge in [-0.25, -0.2) is 9.31 Å². The number of ether oxygens (including phenoxy) is 1. The summed E-state index contributed by atoms with van der Waals surface area (Å²) in [6.07, 6.45) is 1.79. The summed E-state index contributed by atoms with van der Waals surface area (Å²) in [6.45, 7) is 5.49. The Morgan fingerprint density at radius 3 is 2.76 bits per heavy atom. The number of hydrogen-bond acceptors (Lipinski definition) is 3. The number of carbonyl (C=O) groups excluding carboxylic acids is 1. The fourth-order valence-corrected chi connectivity index (χ4v) is 1.72. The molecule has 0 aliphatic heterocycles. The standard InChI is InChI=1S/C12H13BrN2O2/c1-12(2,3)17-11(16)10-6-9-5-4-8(13)7-15(9)14-10/h4-7H,1-3H3. The molecule has 0 saturated carbocycles. The van der Waals surface area contributed by atoms with E-state index in [0.29, 0.717) is 5.69 Å². The number of carbonyl (C=O) groups is 1. The number of fused-ring (bicyclic) bond motifs is 1. The average Bonchev–Trinajstić information content (AvgIpc) is 2.57. The van der Waals surface area contributed by atoms with E-state index in [1.165, 1.54) is 0 Å². The predicted molar refractivity (Wildman–Crippen MR) is 68.1 cm³/mol.